The first-order chi connectivity index (χ1) is 9.63. The van der Waals surface area contributed by atoms with Crippen LogP contribution in [0.25, 0.3) is 10.8 Å². The van der Waals surface area contributed by atoms with Crippen LogP contribution in [0, 0.1) is 0 Å². The lowest BCUT2D eigenvalue weighted by Gasteiger charge is -2.15. The van der Waals surface area contributed by atoms with Crippen molar-refractivity contribution < 1.29 is 9.47 Å². The van der Waals surface area contributed by atoms with Crippen LogP contribution in [0.15, 0.2) is 36.4 Å². The van der Waals surface area contributed by atoms with Gasteiger partial charge in [-0.25, -0.2) is 0 Å². The van der Waals surface area contributed by atoms with Crippen molar-refractivity contribution in [1.29, 1.82) is 0 Å². The summed E-state index contributed by atoms with van der Waals surface area (Å²) in [5.74, 6) is 0.853. The van der Waals surface area contributed by atoms with E-state index in [0.29, 0.717) is 10.5 Å². The van der Waals surface area contributed by atoms with E-state index in [1.807, 2.05) is 19.9 Å². The summed E-state index contributed by atoms with van der Waals surface area (Å²) in [5.41, 5.74) is 1.38. The van der Waals surface area contributed by atoms with Gasteiger partial charge in [0.05, 0.1) is 0 Å². The number of fused-ring (bicyclic) bond motifs is 1. The molecule has 0 N–H and O–H groups in total. The molecule has 0 bridgehead atoms. The Kier molecular flexibility index (Phi) is 6.35. The summed E-state index contributed by atoms with van der Waals surface area (Å²) >= 11 is 4.91. The Bertz CT molecular complexity index is 571. The van der Waals surface area contributed by atoms with E-state index in [0.717, 1.165) is 10.2 Å². The Morgan fingerprint density at radius 1 is 1.10 bits per heavy atom. The zero-order chi connectivity index (χ0) is 14.5. The lowest BCUT2D eigenvalue weighted by Crippen LogP contribution is -2.15. The molecule has 2 rings (SSSR count). The van der Waals surface area contributed by atoms with Gasteiger partial charge in [-0.3, -0.25) is 0 Å². The molecule has 0 aliphatic rings. The molecule has 4 heteroatoms. The maximum atomic E-state index is 5.74. The van der Waals surface area contributed by atoms with Crippen molar-refractivity contribution in [2.75, 3.05) is 11.0 Å². The third kappa shape index (κ3) is 4.21. The molecule has 0 aromatic heterocycles. The minimum Gasteiger partial charge on any atom is -0.465 e. The van der Waals surface area contributed by atoms with Gasteiger partial charge in [0.15, 0.2) is 6.29 Å². The molecule has 2 aromatic carbocycles. The Morgan fingerprint density at radius 3 is 2.50 bits per heavy atom. The number of benzene rings is 2. The molecule has 0 heterocycles. The second-order valence-corrected chi connectivity index (χ2v) is 6.92. The fourth-order valence-corrected chi connectivity index (χ4v) is 2.96. The van der Waals surface area contributed by atoms with Crippen LogP contribution in [0.4, 0.5) is 0 Å². The molecule has 2 unspecified atom stereocenters. The third-order valence-electron chi connectivity index (χ3n) is 3.04. The van der Waals surface area contributed by atoms with Crippen molar-refractivity contribution in [1.82, 2.24) is 0 Å². The Labute approximate surface area is 147 Å². The van der Waals surface area contributed by atoms with Crippen LogP contribution in [0.1, 0.15) is 23.3 Å². The predicted octanol–water partition coefficient (Wildman–Crippen LogP) is 5.51. The molecule has 0 spiro atoms. The fourth-order valence-electron chi connectivity index (χ4n) is 2.06. The average molecular weight is 496 g/mol. The molecular weight excluding hydrogens is 478 g/mol. The molecule has 0 amide bonds. The third-order valence-corrected chi connectivity index (χ3v) is 6.76. The standard InChI is InChI=1S/C16H18I2O2/c1-3-19-11(2)20-15-7-6-12-8-14(16(18)10-17)5-4-13(12)9-15/h4-9,11,16H,3,10H2,1-2H3. The number of halogens is 2. The SMILES string of the molecule is CCOC(C)Oc1ccc2cc(C(I)CI)ccc2c1. The highest BCUT2D eigenvalue weighted by atomic mass is 127. The van der Waals surface area contributed by atoms with Crippen molar-refractivity contribution in [2.24, 2.45) is 0 Å². The van der Waals surface area contributed by atoms with Gasteiger partial charge in [-0.15, -0.1) is 0 Å². The van der Waals surface area contributed by atoms with E-state index in [-0.39, 0.29) is 6.29 Å². The van der Waals surface area contributed by atoms with E-state index in [1.54, 1.807) is 0 Å². The van der Waals surface area contributed by atoms with Gasteiger partial charge in [-0.1, -0.05) is 69.4 Å². The normalized spacial score (nSPS) is 14.2. The van der Waals surface area contributed by atoms with Gasteiger partial charge in [-0.05, 0) is 42.3 Å². The molecule has 0 aliphatic heterocycles. The first kappa shape index (κ1) is 16.3. The van der Waals surface area contributed by atoms with E-state index in [4.69, 9.17) is 9.47 Å². The van der Waals surface area contributed by atoms with Crippen LogP contribution >= 0.6 is 45.2 Å². The highest BCUT2D eigenvalue weighted by Crippen LogP contribution is 2.30. The molecule has 0 saturated heterocycles. The van der Waals surface area contributed by atoms with Gasteiger partial charge in [0.25, 0.3) is 0 Å². The Balaban J connectivity index is 2.22. The summed E-state index contributed by atoms with van der Waals surface area (Å²) in [7, 11) is 0. The minimum atomic E-state index is -0.213. The second kappa shape index (κ2) is 7.79. The molecule has 108 valence electrons. The van der Waals surface area contributed by atoms with Crippen LogP contribution in [-0.2, 0) is 4.74 Å². The molecule has 0 radical (unpaired) electrons. The highest BCUT2D eigenvalue weighted by Gasteiger charge is 2.07. The molecule has 0 aliphatic carbocycles. The molecule has 2 aromatic rings. The number of hydrogen-bond acceptors (Lipinski definition) is 2. The fraction of sp³-hybridized carbons (Fsp3) is 0.375. The first-order valence-electron chi connectivity index (χ1n) is 6.66. The van der Waals surface area contributed by atoms with Crippen molar-refractivity contribution in [3.8, 4) is 5.75 Å². The largest absolute Gasteiger partial charge is 0.465 e. The summed E-state index contributed by atoms with van der Waals surface area (Å²) in [6.07, 6.45) is -0.213. The van der Waals surface area contributed by atoms with Crippen molar-refractivity contribution in [2.45, 2.75) is 24.1 Å². The van der Waals surface area contributed by atoms with Crippen LogP contribution in [0.3, 0.4) is 0 Å². The number of alkyl halides is 2. The zero-order valence-corrected chi connectivity index (χ0v) is 15.9. The minimum absolute atomic E-state index is 0.213. The summed E-state index contributed by atoms with van der Waals surface area (Å²) in [6.45, 7) is 4.54. The lowest BCUT2D eigenvalue weighted by atomic mass is 10.1. The molecule has 0 fully saturated rings. The summed E-state index contributed by atoms with van der Waals surface area (Å²) in [5, 5.41) is 2.46. The number of rotatable bonds is 6. The van der Waals surface area contributed by atoms with E-state index in [2.05, 4.69) is 75.5 Å². The molecule has 2 atom stereocenters. The van der Waals surface area contributed by atoms with E-state index in [9.17, 15) is 0 Å². The van der Waals surface area contributed by atoms with Crippen LogP contribution in [-0.4, -0.2) is 17.3 Å². The number of ether oxygens (including phenoxy) is 2. The zero-order valence-electron chi connectivity index (χ0n) is 11.6. The van der Waals surface area contributed by atoms with Crippen LogP contribution < -0.4 is 4.74 Å². The second-order valence-electron chi connectivity index (χ2n) is 4.53. The van der Waals surface area contributed by atoms with Crippen molar-refractivity contribution in [3.05, 3.63) is 42.0 Å². The first-order valence-corrected chi connectivity index (χ1v) is 9.43. The van der Waals surface area contributed by atoms with Crippen molar-refractivity contribution >= 4 is 56.0 Å². The van der Waals surface area contributed by atoms with Gasteiger partial charge in [-0.2, -0.15) is 0 Å². The van der Waals surface area contributed by atoms with Crippen LogP contribution in [0.2, 0.25) is 0 Å². The lowest BCUT2D eigenvalue weighted by molar-refractivity contribution is -0.0612. The van der Waals surface area contributed by atoms with E-state index >= 15 is 0 Å². The quantitative estimate of drug-likeness (QED) is 0.299. The maximum absolute atomic E-state index is 5.74. The molecule has 0 saturated carbocycles. The van der Waals surface area contributed by atoms with E-state index < -0.39 is 0 Å². The Morgan fingerprint density at radius 2 is 1.80 bits per heavy atom. The maximum Gasteiger partial charge on any atom is 0.196 e. The van der Waals surface area contributed by atoms with E-state index in [1.165, 1.54) is 16.3 Å². The highest BCUT2D eigenvalue weighted by molar-refractivity contribution is 14.1. The molecular formula is C16H18I2O2. The van der Waals surface area contributed by atoms with Crippen molar-refractivity contribution in [3.63, 3.8) is 0 Å². The van der Waals surface area contributed by atoms with Gasteiger partial charge in [0.2, 0.25) is 0 Å². The number of hydrogen-bond donors (Lipinski definition) is 0. The average Bonchev–Trinajstić information content (AvgIpc) is 2.46. The Hall–Kier alpha value is -0.0800. The molecule has 20 heavy (non-hydrogen) atoms. The van der Waals surface area contributed by atoms with Gasteiger partial charge in [0, 0.05) is 15.0 Å². The predicted molar refractivity (Wildman–Crippen MR) is 101 cm³/mol. The van der Waals surface area contributed by atoms with Gasteiger partial charge in [0.1, 0.15) is 5.75 Å². The molecule has 2 nitrogen and oxygen atoms in total. The van der Waals surface area contributed by atoms with Gasteiger partial charge < -0.3 is 9.47 Å². The smallest absolute Gasteiger partial charge is 0.196 e. The summed E-state index contributed by atoms with van der Waals surface area (Å²) in [6, 6.07) is 12.8. The monoisotopic (exact) mass is 496 g/mol. The summed E-state index contributed by atoms with van der Waals surface area (Å²) < 4.78 is 12.8. The van der Waals surface area contributed by atoms with Crippen LogP contribution in [0.5, 0.6) is 5.75 Å². The summed E-state index contributed by atoms with van der Waals surface area (Å²) in [4.78, 5) is 0. The topological polar surface area (TPSA) is 18.5 Å². The van der Waals surface area contributed by atoms with Gasteiger partial charge >= 0.3 is 0 Å².